The highest BCUT2D eigenvalue weighted by Crippen LogP contribution is 2.58. The van der Waals surface area contributed by atoms with Crippen molar-refractivity contribution in [2.75, 3.05) is 13.2 Å². The lowest BCUT2D eigenvalue weighted by Gasteiger charge is -2.42. The second-order valence-corrected chi connectivity index (χ2v) is 10.3. The van der Waals surface area contributed by atoms with E-state index < -0.39 is 47.5 Å². The van der Waals surface area contributed by atoms with Gasteiger partial charge in [0.25, 0.3) is 0 Å². The van der Waals surface area contributed by atoms with Gasteiger partial charge in [-0.3, -0.25) is 19.2 Å². The number of benzene rings is 2. The van der Waals surface area contributed by atoms with Crippen LogP contribution in [0.2, 0.25) is 0 Å². The lowest BCUT2D eigenvalue weighted by atomic mass is 9.64. The molecule has 2 aromatic carbocycles. The molecule has 0 spiro atoms. The van der Waals surface area contributed by atoms with Gasteiger partial charge in [-0.25, -0.2) is 0 Å². The summed E-state index contributed by atoms with van der Waals surface area (Å²) in [5.41, 5.74) is 3.09. The van der Waals surface area contributed by atoms with E-state index in [2.05, 4.69) is 0 Å². The highest BCUT2D eigenvalue weighted by atomic mass is 16.6. The molecule has 2 N–H and O–H groups in total. The second-order valence-electron chi connectivity index (χ2n) is 10.3. The standard InChI is InChI=1S/C30H34O10/c1-9-37-27(33)21-19(17-15(7)23(31)11(3)13(5)25(17)39-29(21)35)20-18-16(8)24(32)12(4)14(6)26(18)40-30(36)22(20)28(34)38-10-2/h19-22,31-32H,9-10H2,1-8H3. The van der Waals surface area contributed by atoms with Crippen LogP contribution in [-0.4, -0.2) is 47.3 Å². The first-order chi connectivity index (χ1) is 18.8. The molecule has 0 fully saturated rings. The van der Waals surface area contributed by atoms with Crippen LogP contribution in [0.4, 0.5) is 0 Å². The van der Waals surface area contributed by atoms with E-state index in [0.29, 0.717) is 33.4 Å². The van der Waals surface area contributed by atoms with Crippen molar-refractivity contribution in [1.29, 1.82) is 0 Å². The van der Waals surface area contributed by atoms with Gasteiger partial charge in [-0.1, -0.05) is 0 Å². The van der Waals surface area contributed by atoms with Gasteiger partial charge in [0.2, 0.25) is 0 Å². The highest BCUT2D eigenvalue weighted by Gasteiger charge is 2.57. The summed E-state index contributed by atoms with van der Waals surface area (Å²) in [5, 5.41) is 22.1. The van der Waals surface area contributed by atoms with E-state index >= 15 is 0 Å². The maximum atomic E-state index is 13.6. The average Bonchev–Trinajstić information content (AvgIpc) is 2.91. The Bertz CT molecular complexity index is 1340. The Morgan fingerprint density at radius 2 is 0.950 bits per heavy atom. The van der Waals surface area contributed by atoms with Gasteiger partial charge in [-0.15, -0.1) is 0 Å². The Morgan fingerprint density at radius 1 is 0.625 bits per heavy atom. The fourth-order valence-corrected chi connectivity index (χ4v) is 6.00. The van der Waals surface area contributed by atoms with Crippen LogP contribution < -0.4 is 9.47 Å². The number of hydrogen-bond acceptors (Lipinski definition) is 10. The molecule has 2 aliphatic heterocycles. The molecule has 0 amide bonds. The van der Waals surface area contributed by atoms with Crippen LogP contribution in [0.5, 0.6) is 23.0 Å². The molecule has 2 heterocycles. The molecule has 2 aliphatic rings. The zero-order valence-corrected chi connectivity index (χ0v) is 23.9. The average molecular weight is 555 g/mol. The molecule has 10 nitrogen and oxygen atoms in total. The number of rotatable bonds is 5. The Hall–Kier alpha value is -4.08. The minimum Gasteiger partial charge on any atom is -0.507 e. The Morgan fingerprint density at radius 3 is 1.25 bits per heavy atom. The lowest BCUT2D eigenvalue weighted by Crippen LogP contribution is -2.48. The van der Waals surface area contributed by atoms with E-state index in [0.717, 1.165) is 0 Å². The van der Waals surface area contributed by atoms with Crippen LogP contribution in [0.1, 0.15) is 70.2 Å². The van der Waals surface area contributed by atoms with Crippen molar-refractivity contribution in [3.8, 4) is 23.0 Å². The number of aromatic hydroxyl groups is 2. The third-order valence-electron chi connectivity index (χ3n) is 8.29. The Balaban J connectivity index is 2.19. The topological polar surface area (TPSA) is 146 Å². The molecule has 40 heavy (non-hydrogen) atoms. The molecule has 10 heteroatoms. The summed E-state index contributed by atoms with van der Waals surface area (Å²) in [7, 11) is 0. The molecule has 0 bridgehead atoms. The van der Waals surface area contributed by atoms with E-state index in [1.165, 1.54) is 0 Å². The number of phenolic OH excluding ortho intramolecular Hbond substituents is 2. The van der Waals surface area contributed by atoms with Gasteiger partial charge in [-0.05, 0) is 88.8 Å². The van der Waals surface area contributed by atoms with Gasteiger partial charge in [0.05, 0.1) is 13.2 Å². The summed E-state index contributed by atoms with van der Waals surface area (Å²) in [6.07, 6.45) is 0. The lowest BCUT2D eigenvalue weighted by molar-refractivity contribution is -0.166. The summed E-state index contributed by atoms with van der Waals surface area (Å²) < 4.78 is 22.0. The molecule has 0 radical (unpaired) electrons. The van der Waals surface area contributed by atoms with Gasteiger partial charge >= 0.3 is 23.9 Å². The van der Waals surface area contributed by atoms with E-state index in [1.807, 2.05) is 0 Å². The normalized spacial score (nSPS) is 21.6. The molecule has 4 unspecified atom stereocenters. The first-order valence-corrected chi connectivity index (χ1v) is 13.2. The summed E-state index contributed by atoms with van der Waals surface area (Å²) in [6.45, 7) is 13.0. The number of carbonyl (C=O) groups excluding carboxylic acids is 4. The van der Waals surface area contributed by atoms with Crippen LogP contribution in [0.25, 0.3) is 0 Å². The monoisotopic (exact) mass is 554 g/mol. The van der Waals surface area contributed by atoms with Gasteiger partial charge in [0, 0.05) is 23.0 Å². The van der Waals surface area contributed by atoms with E-state index in [-0.39, 0.29) is 47.3 Å². The molecule has 214 valence electrons. The van der Waals surface area contributed by atoms with Crippen LogP contribution in [0.3, 0.4) is 0 Å². The van der Waals surface area contributed by atoms with Crippen molar-refractivity contribution in [2.45, 2.75) is 67.2 Å². The van der Waals surface area contributed by atoms with Crippen molar-refractivity contribution in [2.24, 2.45) is 11.8 Å². The molecule has 0 aliphatic carbocycles. The molecule has 4 rings (SSSR count). The smallest absolute Gasteiger partial charge is 0.326 e. The number of ether oxygens (including phenoxy) is 4. The van der Waals surface area contributed by atoms with Crippen LogP contribution in [-0.2, 0) is 28.7 Å². The van der Waals surface area contributed by atoms with Crippen LogP contribution >= 0.6 is 0 Å². The zero-order valence-electron chi connectivity index (χ0n) is 23.9. The number of carbonyl (C=O) groups is 4. The maximum absolute atomic E-state index is 13.6. The van der Waals surface area contributed by atoms with Crippen molar-refractivity contribution in [1.82, 2.24) is 0 Å². The van der Waals surface area contributed by atoms with Crippen molar-refractivity contribution in [3.05, 3.63) is 44.5 Å². The predicted molar refractivity (Wildman–Crippen MR) is 142 cm³/mol. The number of phenols is 2. The minimum atomic E-state index is -1.60. The molecule has 0 saturated carbocycles. The van der Waals surface area contributed by atoms with Gasteiger partial charge in [-0.2, -0.15) is 0 Å². The third-order valence-corrected chi connectivity index (χ3v) is 8.29. The van der Waals surface area contributed by atoms with E-state index in [4.69, 9.17) is 18.9 Å². The fraction of sp³-hybridized carbons (Fsp3) is 0.467. The maximum Gasteiger partial charge on any atom is 0.326 e. The fourth-order valence-electron chi connectivity index (χ4n) is 6.00. The first-order valence-electron chi connectivity index (χ1n) is 13.2. The molecule has 0 saturated heterocycles. The number of fused-ring (bicyclic) bond motifs is 2. The zero-order chi connectivity index (χ0) is 29.8. The van der Waals surface area contributed by atoms with Gasteiger partial charge in [0.15, 0.2) is 11.8 Å². The number of esters is 4. The molecule has 2 aromatic rings. The van der Waals surface area contributed by atoms with Crippen LogP contribution in [0, 0.1) is 53.4 Å². The largest absolute Gasteiger partial charge is 0.507 e. The molecule has 4 atom stereocenters. The summed E-state index contributed by atoms with van der Waals surface area (Å²) >= 11 is 0. The van der Waals surface area contributed by atoms with Crippen molar-refractivity contribution in [3.63, 3.8) is 0 Å². The van der Waals surface area contributed by atoms with E-state index in [1.54, 1.807) is 55.4 Å². The third kappa shape index (κ3) is 4.17. The van der Waals surface area contributed by atoms with Crippen molar-refractivity contribution >= 4 is 23.9 Å². The van der Waals surface area contributed by atoms with Crippen LogP contribution in [0.15, 0.2) is 0 Å². The summed E-state index contributed by atoms with van der Waals surface area (Å²) in [4.78, 5) is 54.0. The van der Waals surface area contributed by atoms with Gasteiger partial charge in [0.1, 0.15) is 23.0 Å². The quantitative estimate of drug-likeness (QED) is 0.316. The first kappa shape index (κ1) is 28.9. The minimum absolute atomic E-state index is 0.0396. The van der Waals surface area contributed by atoms with Crippen molar-refractivity contribution < 1.29 is 48.3 Å². The molecular formula is C30H34O10. The number of hydrogen-bond donors (Lipinski definition) is 2. The molecular weight excluding hydrogens is 520 g/mol. The summed E-state index contributed by atoms with van der Waals surface area (Å²) in [6, 6.07) is 0. The highest BCUT2D eigenvalue weighted by molar-refractivity contribution is 6.02. The predicted octanol–water partition coefficient (Wildman–Crippen LogP) is 4.01. The second kappa shape index (κ2) is 10.5. The molecule has 0 aromatic heterocycles. The SMILES string of the molecule is CCOC(=O)C1C(=O)Oc2c(C)c(C)c(O)c(C)c2C1C1c2c(C)c(O)c(C)c(C)c2OC(=O)C1C(=O)OCC. The summed E-state index contributed by atoms with van der Waals surface area (Å²) in [5.74, 6) is -9.18. The Kier molecular flexibility index (Phi) is 7.58. The van der Waals surface area contributed by atoms with Gasteiger partial charge < -0.3 is 29.2 Å². The van der Waals surface area contributed by atoms with E-state index in [9.17, 15) is 29.4 Å². The Labute approximate surface area is 232 Å².